The lowest BCUT2D eigenvalue weighted by atomic mass is 10.0. The summed E-state index contributed by atoms with van der Waals surface area (Å²) in [6, 6.07) is 8.28. The van der Waals surface area contributed by atoms with E-state index in [2.05, 4.69) is 10.6 Å². The molecule has 1 amide bonds. The predicted octanol–water partition coefficient (Wildman–Crippen LogP) is 1.25. The van der Waals surface area contributed by atoms with Gasteiger partial charge in [0, 0.05) is 19.0 Å². The van der Waals surface area contributed by atoms with Gasteiger partial charge >= 0.3 is 0 Å². The van der Waals surface area contributed by atoms with Gasteiger partial charge in [-0.05, 0) is 31.0 Å². The highest BCUT2D eigenvalue weighted by molar-refractivity contribution is 5.82. The lowest BCUT2D eigenvalue weighted by Crippen LogP contribution is -2.46. The third-order valence-electron chi connectivity index (χ3n) is 3.87. The Hall–Kier alpha value is -1.55. The predicted molar refractivity (Wildman–Crippen MR) is 73.2 cm³/mol. The molecule has 19 heavy (non-hydrogen) atoms. The highest BCUT2D eigenvalue weighted by atomic mass is 16.5. The lowest BCUT2D eigenvalue weighted by Gasteiger charge is -2.24. The zero-order valence-corrected chi connectivity index (χ0v) is 11.0. The van der Waals surface area contributed by atoms with Gasteiger partial charge in [-0.2, -0.15) is 0 Å². The molecule has 0 bridgehead atoms. The minimum absolute atomic E-state index is 0.00331. The van der Waals surface area contributed by atoms with Crippen molar-refractivity contribution in [1.29, 1.82) is 0 Å². The standard InChI is InChI=1S/C15H20N2O2/c18-15(17-10-12-6-3-4-8-16-12)14-9-11-5-1-2-7-13(11)19-14/h1-2,5,7,12,14,16H,3-4,6,8-10H2,(H,17,18). The summed E-state index contributed by atoms with van der Waals surface area (Å²) < 4.78 is 5.68. The SMILES string of the molecule is O=C(NCC1CCCCN1)C1Cc2ccccc2O1. The van der Waals surface area contributed by atoms with Gasteiger partial charge < -0.3 is 15.4 Å². The molecule has 1 saturated heterocycles. The first-order valence-corrected chi connectivity index (χ1v) is 7.08. The van der Waals surface area contributed by atoms with Crippen molar-refractivity contribution in [2.75, 3.05) is 13.1 Å². The zero-order valence-electron chi connectivity index (χ0n) is 11.0. The average Bonchev–Trinajstić information content (AvgIpc) is 2.90. The highest BCUT2D eigenvalue weighted by Gasteiger charge is 2.28. The Balaban J connectivity index is 1.49. The number of amides is 1. The van der Waals surface area contributed by atoms with Gasteiger partial charge in [-0.3, -0.25) is 4.79 Å². The van der Waals surface area contributed by atoms with Crippen LogP contribution in [-0.4, -0.2) is 31.1 Å². The van der Waals surface area contributed by atoms with Crippen LogP contribution in [0.15, 0.2) is 24.3 Å². The van der Waals surface area contributed by atoms with Gasteiger partial charge in [0.05, 0.1) is 0 Å². The van der Waals surface area contributed by atoms with Crippen molar-refractivity contribution >= 4 is 5.91 Å². The van der Waals surface area contributed by atoms with Gasteiger partial charge in [-0.25, -0.2) is 0 Å². The van der Waals surface area contributed by atoms with E-state index in [0.717, 1.165) is 24.3 Å². The summed E-state index contributed by atoms with van der Waals surface area (Å²) in [5.41, 5.74) is 1.12. The molecule has 4 nitrogen and oxygen atoms in total. The van der Waals surface area contributed by atoms with Crippen LogP contribution in [0.5, 0.6) is 5.75 Å². The Morgan fingerprint density at radius 2 is 2.26 bits per heavy atom. The van der Waals surface area contributed by atoms with Gasteiger partial charge in [-0.1, -0.05) is 24.6 Å². The largest absolute Gasteiger partial charge is 0.480 e. The van der Waals surface area contributed by atoms with Crippen molar-refractivity contribution in [3.8, 4) is 5.75 Å². The lowest BCUT2D eigenvalue weighted by molar-refractivity contribution is -0.127. The van der Waals surface area contributed by atoms with Gasteiger partial charge in [0.2, 0.25) is 0 Å². The summed E-state index contributed by atoms with van der Waals surface area (Å²) in [6.45, 7) is 1.76. The van der Waals surface area contributed by atoms with Crippen LogP contribution in [0.2, 0.25) is 0 Å². The second kappa shape index (κ2) is 5.61. The van der Waals surface area contributed by atoms with E-state index in [0.29, 0.717) is 19.0 Å². The molecule has 2 heterocycles. The van der Waals surface area contributed by atoms with Gasteiger partial charge in [0.15, 0.2) is 6.10 Å². The molecule has 2 atom stereocenters. The van der Waals surface area contributed by atoms with Crippen molar-refractivity contribution in [3.05, 3.63) is 29.8 Å². The Morgan fingerprint density at radius 3 is 3.05 bits per heavy atom. The molecule has 2 aliphatic rings. The van der Waals surface area contributed by atoms with Gasteiger partial charge in [0.1, 0.15) is 5.75 Å². The fourth-order valence-electron chi connectivity index (χ4n) is 2.76. The average molecular weight is 260 g/mol. The van der Waals surface area contributed by atoms with Crippen molar-refractivity contribution in [1.82, 2.24) is 10.6 Å². The zero-order chi connectivity index (χ0) is 13.1. The van der Waals surface area contributed by atoms with Crippen LogP contribution in [-0.2, 0) is 11.2 Å². The van der Waals surface area contributed by atoms with Crippen LogP contribution in [0.4, 0.5) is 0 Å². The molecule has 0 spiro atoms. The van der Waals surface area contributed by atoms with E-state index in [-0.39, 0.29) is 12.0 Å². The van der Waals surface area contributed by atoms with Crippen LogP contribution in [0.25, 0.3) is 0 Å². The van der Waals surface area contributed by atoms with E-state index in [9.17, 15) is 4.79 Å². The second-order valence-electron chi connectivity index (χ2n) is 5.31. The van der Waals surface area contributed by atoms with Crippen molar-refractivity contribution in [2.45, 2.75) is 37.8 Å². The highest BCUT2D eigenvalue weighted by Crippen LogP contribution is 2.28. The molecule has 0 radical (unpaired) electrons. The number of rotatable bonds is 3. The monoisotopic (exact) mass is 260 g/mol. The van der Waals surface area contributed by atoms with Gasteiger partial charge in [-0.15, -0.1) is 0 Å². The van der Waals surface area contributed by atoms with E-state index >= 15 is 0 Å². The first-order chi connectivity index (χ1) is 9.33. The molecule has 1 aromatic carbocycles. The van der Waals surface area contributed by atoms with E-state index < -0.39 is 0 Å². The molecule has 1 fully saturated rings. The molecule has 2 N–H and O–H groups in total. The molecule has 3 rings (SSSR count). The Morgan fingerprint density at radius 1 is 1.37 bits per heavy atom. The number of hydrogen-bond donors (Lipinski definition) is 2. The van der Waals surface area contributed by atoms with Crippen molar-refractivity contribution < 1.29 is 9.53 Å². The molecular formula is C15H20N2O2. The van der Waals surface area contributed by atoms with Crippen LogP contribution in [0.1, 0.15) is 24.8 Å². The van der Waals surface area contributed by atoms with Crippen molar-refractivity contribution in [3.63, 3.8) is 0 Å². The molecule has 4 heteroatoms. The first kappa shape index (κ1) is 12.5. The molecule has 2 unspecified atom stereocenters. The third-order valence-corrected chi connectivity index (χ3v) is 3.87. The maximum Gasteiger partial charge on any atom is 0.261 e. The van der Waals surface area contributed by atoms with Crippen molar-refractivity contribution in [2.24, 2.45) is 0 Å². The fraction of sp³-hybridized carbons (Fsp3) is 0.533. The number of carbonyl (C=O) groups is 1. The Kier molecular flexibility index (Phi) is 3.69. The summed E-state index contributed by atoms with van der Waals surface area (Å²) in [5.74, 6) is 0.849. The number of hydrogen-bond acceptors (Lipinski definition) is 3. The molecule has 102 valence electrons. The number of benzene rings is 1. The normalized spacial score (nSPS) is 25.5. The minimum atomic E-state index is -0.360. The molecule has 1 aromatic rings. The Labute approximate surface area is 113 Å². The second-order valence-corrected chi connectivity index (χ2v) is 5.31. The molecule has 2 aliphatic heterocycles. The number of nitrogens with one attached hydrogen (secondary N) is 2. The van der Waals surface area contributed by atoms with Gasteiger partial charge in [0.25, 0.3) is 5.91 Å². The van der Waals surface area contributed by atoms with E-state index in [1.54, 1.807) is 0 Å². The minimum Gasteiger partial charge on any atom is -0.480 e. The molecular weight excluding hydrogens is 240 g/mol. The Bertz CT molecular complexity index is 430. The van der Waals surface area contributed by atoms with Crippen LogP contribution < -0.4 is 15.4 Å². The third kappa shape index (κ3) is 2.89. The van der Waals surface area contributed by atoms with Crippen LogP contribution in [0, 0.1) is 0 Å². The summed E-state index contributed by atoms with van der Waals surface area (Å²) in [6.07, 6.45) is 3.96. The number of ether oxygens (including phenoxy) is 1. The first-order valence-electron chi connectivity index (χ1n) is 7.08. The van der Waals surface area contributed by atoms with Crippen LogP contribution in [0.3, 0.4) is 0 Å². The summed E-state index contributed by atoms with van der Waals surface area (Å²) in [4.78, 5) is 12.1. The molecule has 0 aromatic heterocycles. The maximum atomic E-state index is 12.1. The topological polar surface area (TPSA) is 50.4 Å². The fourth-order valence-corrected chi connectivity index (χ4v) is 2.76. The molecule has 0 aliphatic carbocycles. The maximum absolute atomic E-state index is 12.1. The number of fused-ring (bicyclic) bond motifs is 1. The number of para-hydroxylation sites is 1. The van der Waals surface area contributed by atoms with E-state index in [1.807, 2.05) is 24.3 Å². The van der Waals surface area contributed by atoms with Crippen LogP contribution >= 0.6 is 0 Å². The summed E-state index contributed by atoms with van der Waals surface area (Å²) in [7, 11) is 0. The summed E-state index contributed by atoms with van der Waals surface area (Å²) >= 11 is 0. The quantitative estimate of drug-likeness (QED) is 0.860. The van der Waals surface area contributed by atoms with E-state index in [4.69, 9.17) is 4.74 Å². The van der Waals surface area contributed by atoms with E-state index in [1.165, 1.54) is 12.8 Å². The smallest absolute Gasteiger partial charge is 0.261 e. The number of piperidine rings is 1. The molecule has 0 saturated carbocycles. The summed E-state index contributed by atoms with van der Waals surface area (Å²) in [5, 5.41) is 6.43. The number of carbonyl (C=O) groups excluding carboxylic acids is 1.